The number of thioether (sulfide) groups is 1. The van der Waals surface area contributed by atoms with Crippen molar-refractivity contribution in [2.45, 2.75) is 18.9 Å². The molecule has 0 unspecified atom stereocenters. The standard InChI is InChI=1S/C9H12N2O2S/c1-7(2)6-14-9-4-3-8(5-10-9)11(12)13/h3-5,7H,6H2,1-2H3. The van der Waals surface area contributed by atoms with E-state index in [2.05, 4.69) is 18.8 Å². The van der Waals surface area contributed by atoms with E-state index in [1.807, 2.05) is 0 Å². The third kappa shape index (κ3) is 3.33. The first-order valence-corrected chi connectivity index (χ1v) is 5.31. The minimum atomic E-state index is -0.441. The molecule has 0 aromatic carbocycles. The predicted molar refractivity (Wildman–Crippen MR) is 56.5 cm³/mol. The monoisotopic (exact) mass is 212 g/mol. The molecule has 1 heterocycles. The highest BCUT2D eigenvalue weighted by molar-refractivity contribution is 7.99. The molecule has 0 fully saturated rings. The molecule has 0 bridgehead atoms. The molecule has 0 aliphatic rings. The zero-order valence-electron chi connectivity index (χ0n) is 8.14. The zero-order valence-corrected chi connectivity index (χ0v) is 8.95. The van der Waals surface area contributed by atoms with Crippen molar-refractivity contribution >= 4 is 17.4 Å². The molecular formula is C9H12N2O2S. The van der Waals surface area contributed by atoms with Crippen LogP contribution < -0.4 is 0 Å². The Morgan fingerprint density at radius 2 is 2.29 bits per heavy atom. The summed E-state index contributed by atoms with van der Waals surface area (Å²) in [5.74, 6) is 1.57. The van der Waals surface area contributed by atoms with Gasteiger partial charge in [-0.3, -0.25) is 10.1 Å². The van der Waals surface area contributed by atoms with Crippen LogP contribution in [0.2, 0.25) is 0 Å². The van der Waals surface area contributed by atoms with E-state index < -0.39 is 4.92 Å². The number of hydrogen-bond donors (Lipinski definition) is 0. The fourth-order valence-corrected chi connectivity index (χ4v) is 1.61. The first-order chi connectivity index (χ1) is 6.59. The second-order valence-electron chi connectivity index (χ2n) is 3.32. The lowest BCUT2D eigenvalue weighted by molar-refractivity contribution is -0.385. The van der Waals surface area contributed by atoms with Gasteiger partial charge in [-0.1, -0.05) is 13.8 Å². The van der Waals surface area contributed by atoms with E-state index in [1.54, 1.807) is 17.8 Å². The molecule has 14 heavy (non-hydrogen) atoms. The van der Waals surface area contributed by atoms with Gasteiger partial charge in [0.25, 0.3) is 5.69 Å². The van der Waals surface area contributed by atoms with Crippen LogP contribution in [0, 0.1) is 16.0 Å². The van der Waals surface area contributed by atoms with Crippen LogP contribution in [-0.2, 0) is 0 Å². The van der Waals surface area contributed by atoms with Gasteiger partial charge in [0.2, 0.25) is 0 Å². The molecule has 1 aromatic rings. The molecule has 5 heteroatoms. The Morgan fingerprint density at radius 3 is 2.71 bits per heavy atom. The Morgan fingerprint density at radius 1 is 1.57 bits per heavy atom. The molecule has 1 rings (SSSR count). The van der Waals surface area contributed by atoms with E-state index in [9.17, 15) is 10.1 Å². The van der Waals surface area contributed by atoms with Gasteiger partial charge in [-0.05, 0) is 12.0 Å². The number of hydrogen-bond acceptors (Lipinski definition) is 4. The number of aromatic nitrogens is 1. The predicted octanol–water partition coefficient (Wildman–Crippen LogP) is 2.74. The second-order valence-corrected chi connectivity index (χ2v) is 4.36. The molecule has 76 valence electrons. The van der Waals surface area contributed by atoms with Crippen LogP contribution in [0.1, 0.15) is 13.8 Å². The average molecular weight is 212 g/mol. The fourth-order valence-electron chi connectivity index (χ4n) is 0.818. The van der Waals surface area contributed by atoms with Crippen LogP contribution in [-0.4, -0.2) is 15.7 Å². The Hall–Kier alpha value is -1.10. The van der Waals surface area contributed by atoms with Crippen LogP contribution in [0.4, 0.5) is 5.69 Å². The molecule has 0 atom stereocenters. The number of nitro groups is 1. The van der Waals surface area contributed by atoms with Crippen molar-refractivity contribution in [2.75, 3.05) is 5.75 Å². The molecule has 0 radical (unpaired) electrons. The van der Waals surface area contributed by atoms with E-state index in [0.717, 1.165) is 10.8 Å². The summed E-state index contributed by atoms with van der Waals surface area (Å²) in [6.07, 6.45) is 1.29. The summed E-state index contributed by atoms with van der Waals surface area (Å²) < 4.78 is 0. The third-order valence-electron chi connectivity index (χ3n) is 1.50. The maximum atomic E-state index is 10.3. The Kier molecular flexibility index (Phi) is 3.88. The Bertz CT molecular complexity index is 311. The number of rotatable bonds is 4. The highest BCUT2D eigenvalue weighted by Gasteiger charge is 2.05. The van der Waals surface area contributed by atoms with E-state index in [0.29, 0.717) is 5.92 Å². The summed E-state index contributed by atoms with van der Waals surface area (Å²) in [5.41, 5.74) is 0.0406. The minimum absolute atomic E-state index is 0.0406. The van der Waals surface area contributed by atoms with Gasteiger partial charge in [0.05, 0.1) is 9.95 Å². The fraction of sp³-hybridized carbons (Fsp3) is 0.444. The van der Waals surface area contributed by atoms with Crippen LogP contribution in [0.15, 0.2) is 23.4 Å². The van der Waals surface area contributed by atoms with Crippen molar-refractivity contribution in [1.82, 2.24) is 4.98 Å². The van der Waals surface area contributed by atoms with Gasteiger partial charge in [0.15, 0.2) is 0 Å². The maximum Gasteiger partial charge on any atom is 0.287 e. The highest BCUT2D eigenvalue weighted by atomic mass is 32.2. The first kappa shape index (κ1) is 11.0. The Balaban J connectivity index is 2.60. The molecule has 0 aliphatic carbocycles. The van der Waals surface area contributed by atoms with Gasteiger partial charge >= 0.3 is 0 Å². The van der Waals surface area contributed by atoms with Crippen molar-refractivity contribution in [2.24, 2.45) is 5.92 Å². The normalized spacial score (nSPS) is 10.5. The van der Waals surface area contributed by atoms with Gasteiger partial charge in [0.1, 0.15) is 6.20 Å². The van der Waals surface area contributed by atoms with Crippen LogP contribution >= 0.6 is 11.8 Å². The van der Waals surface area contributed by atoms with Crippen molar-refractivity contribution in [3.63, 3.8) is 0 Å². The van der Waals surface area contributed by atoms with Crippen LogP contribution in [0.3, 0.4) is 0 Å². The molecule has 4 nitrogen and oxygen atoms in total. The third-order valence-corrected chi connectivity index (χ3v) is 2.87. The summed E-state index contributed by atoms with van der Waals surface area (Å²) in [6.45, 7) is 4.25. The molecule has 0 spiro atoms. The molecule has 1 aromatic heterocycles. The number of pyridine rings is 1. The molecule has 0 N–H and O–H groups in total. The van der Waals surface area contributed by atoms with Crippen LogP contribution in [0.25, 0.3) is 0 Å². The smallest absolute Gasteiger partial charge is 0.258 e. The first-order valence-electron chi connectivity index (χ1n) is 4.33. The average Bonchev–Trinajstić information content (AvgIpc) is 2.15. The van der Waals surface area contributed by atoms with Crippen LogP contribution in [0.5, 0.6) is 0 Å². The minimum Gasteiger partial charge on any atom is -0.258 e. The molecule has 0 aliphatic heterocycles. The summed E-state index contributed by atoms with van der Waals surface area (Å²) in [7, 11) is 0. The van der Waals surface area contributed by atoms with E-state index in [-0.39, 0.29) is 5.69 Å². The van der Waals surface area contributed by atoms with Gasteiger partial charge in [-0.15, -0.1) is 11.8 Å². The van der Waals surface area contributed by atoms with Gasteiger partial charge < -0.3 is 0 Å². The van der Waals surface area contributed by atoms with E-state index in [1.165, 1.54) is 12.3 Å². The molecule has 0 saturated heterocycles. The zero-order chi connectivity index (χ0) is 10.6. The molecular weight excluding hydrogens is 200 g/mol. The van der Waals surface area contributed by atoms with E-state index in [4.69, 9.17) is 0 Å². The quantitative estimate of drug-likeness (QED) is 0.437. The van der Waals surface area contributed by atoms with Crippen molar-refractivity contribution in [3.8, 4) is 0 Å². The SMILES string of the molecule is CC(C)CSc1ccc([N+](=O)[O-])cn1. The Labute approximate surface area is 86.9 Å². The topological polar surface area (TPSA) is 56.0 Å². The maximum absolute atomic E-state index is 10.3. The highest BCUT2D eigenvalue weighted by Crippen LogP contribution is 2.20. The van der Waals surface area contributed by atoms with Gasteiger partial charge in [-0.25, -0.2) is 4.98 Å². The van der Waals surface area contributed by atoms with Crippen molar-refractivity contribution in [3.05, 3.63) is 28.4 Å². The summed E-state index contributed by atoms with van der Waals surface area (Å²) in [4.78, 5) is 13.9. The van der Waals surface area contributed by atoms with Crippen molar-refractivity contribution in [1.29, 1.82) is 0 Å². The van der Waals surface area contributed by atoms with Crippen molar-refractivity contribution < 1.29 is 4.92 Å². The summed E-state index contributed by atoms with van der Waals surface area (Å²) in [6, 6.07) is 3.17. The summed E-state index contributed by atoms with van der Waals surface area (Å²) >= 11 is 1.62. The van der Waals surface area contributed by atoms with Gasteiger partial charge in [0, 0.05) is 11.8 Å². The molecule has 0 saturated carbocycles. The van der Waals surface area contributed by atoms with E-state index >= 15 is 0 Å². The van der Waals surface area contributed by atoms with Gasteiger partial charge in [-0.2, -0.15) is 0 Å². The largest absolute Gasteiger partial charge is 0.287 e. The number of nitrogens with zero attached hydrogens (tertiary/aromatic N) is 2. The summed E-state index contributed by atoms with van der Waals surface area (Å²) in [5, 5.41) is 11.2. The second kappa shape index (κ2) is 4.95. The lowest BCUT2D eigenvalue weighted by Gasteiger charge is -2.02. The lowest BCUT2D eigenvalue weighted by Crippen LogP contribution is -1.93. The molecule has 0 amide bonds. The lowest BCUT2D eigenvalue weighted by atomic mass is 10.3.